The van der Waals surface area contributed by atoms with Gasteiger partial charge in [0.25, 0.3) is 0 Å². The number of esters is 2. The molecule has 116 valence electrons. The van der Waals surface area contributed by atoms with Gasteiger partial charge in [0, 0.05) is 13.1 Å². The first-order valence-electron chi connectivity index (χ1n) is 6.74. The fourth-order valence-electron chi connectivity index (χ4n) is 2.49. The van der Waals surface area contributed by atoms with Crippen LogP contribution in [-0.4, -0.2) is 39.2 Å². The third-order valence-electron chi connectivity index (χ3n) is 3.96. The smallest absolute Gasteiger partial charge is 0.350 e. The maximum atomic E-state index is 12.0. The second-order valence-corrected chi connectivity index (χ2v) is 6.37. The molecule has 0 bridgehead atoms. The minimum atomic E-state index is -0.533. The van der Waals surface area contributed by atoms with E-state index in [1.807, 2.05) is 0 Å². The Kier molecular flexibility index (Phi) is 4.41. The number of nitrogen functional groups attached to an aromatic ring is 1. The summed E-state index contributed by atoms with van der Waals surface area (Å²) in [6.07, 6.45) is 0. The Labute approximate surface area is 127 Å². The summed E-state index contributed by atoms with van der Waals surface area (Å²) in [5.41, 5.74) is 6.38. The van der Waals surface area contributed by atoms with Gasteiger partial charge in [-0.25, -0.2) is 9.59 Å². The number of carbonyl (C=O) groups is 2. The zero-order valence-electron chi connectivity index (χ0n) is 12.6. The Morgan fingerprint density at radius 3 is 2.14 bits per heavy atom. The van der Waals surface area contributed by atoms with Crippen LogP contribution in [0.25, 0.3) is 0 Å². The fraction of sp³-hybridized carbons (Fsp3) is 0.571. The second kappa shape index (κ2) is 5.93. The highest BCUT2D eigenvalue weighted by atomic mass is 32.1. The highest BCUT2D eigenvalue weighted by molar-refractivity contribution is 7.19. The van der Waals surface area contributed by atoms with Crippen molar-refractivity contribution in [2.75, 3.05) is 37.9 Å². The van der Waals surface area contributed by atoms with Gasteiger partial charge in [-0.1, -0.05) is 13.8 Å². The number of nitrogens with two attached hydrogens (primary N) is 1. The number of thiophene rings is 1. The minimum Gasteiger partial charge on any atom is -0.465 e. The third kappa shape index (κ3) is 2.70. The fourth-order valence-corrected chi connectivity index (χ4v) is 3.64. The van der Waals surface area contributed by atoms with Crippen molar-refractivity contribution in [1.82, 2.24) is 0 Å². The first-order chi connectivity index (χ1) is 9.90. The van der Waals surface area contributed by atoms with E-state index in [0.29, 0.717) is 16.8 Å². The lowest BCUT2D eigenvalue weighted by atomic mass is 10.0. The zero-order chi connectivity index (χ0) is 15.7. The van der Waals surface area contributed by atoms with Gasteiger partial charge in [-0.2, -0.15) is 0 Å². The summed E-state index contributed by atoms with van der Waals surface area (Å²) in [6, 6.07) is 0. The van der Waals surface area contributed by atoms with Gasteiger partial charge >= 0.3 is 11.9 Å². The summed E-state index contributed by atoms with van der Waals surface area (Å²) in [4.78, 5) is 26.2. The van der Waals surface area contributed by atoms with E-state index < -0.39 is 11.9 Å². The summed E-state index contributed by atoms with van der Waals surface area (Å²) < 4.78 is 9.53. The maximum Gasteiger partial charge on any atom is 0.350 e. The molecule has 0 radical (unpaired) electrons. The van der Waals surface area contributed by atoms with E-state index >= 15 is 0 Å². The van der Waals surface area contributed by atoms with Crippen LogP contribution in [-0.2, 0) is 9.47 Å². The van der Waals surface area contributed by atoms with Crippen LogP contribution in [0.2, 0.25) is 0 Å². The van der Waals surface area contributed by atoms with Gasteiger partial charge in [0.1, 0.15) is 15.4 Å². The molecule has 1 aromatic rings. The third-order valence-corrected chi connectivity index (χ3v) is 5.21. The number of rotatable bonds is 3. The summed E-state index contributed by atoms with van der Waals surface area (Å²) in [5.74, 6) is -0.0314. The molecule has 1 fully saturated rings. The van der Waals surface area contributed by atoms with Crippen LogP contribution in [0.15, 0.2) is 0 Å². The summed E-state index contributed by atoms with van der Waals surface area (Å²) in [7, 11) is 2.59. The van der Waals surface area contributed by atoms with E-state index in [1.165, 1.54) is 25.6 Å². The zero-order valence-corrected chi connectivity index (χ0v) is 13.5. The Morgan fingerprint density at radius 2 is 1.67 bits per heavy atom. The molecule has 2 rings (SSSR count). The van der Waals surface area contributed by atoms with Gasteiger partial charge in [-0.15, -0.1) is 11.3 Å². The molecule has 2 unspecified atom stereocenters. The molecule has 2 N–H and O–H groups in total. The van der Waals surface area contributed by atoms with Crippen LogP contribution in [0, 0.1) is 11.8 Å². The Balaban J connectivity index is 2.49. The van der Waals surface area contributed by atoms with Gasteiger partial charge in [-0.3, -0.25) is 0 Å². The molecule has 1 aliphatic heterocycles. The molecule has 1 aliphatic rings. The van der Waals surface area contributed by atoms with Gasteiger partial charge in [0.15, 0.2) is 0 Å². The highest BCUT2D eigenvalue weighted by Crippen LogP contribution is 2.41. The van der Waals surface area contributed by atoms with E-state index in [4.69, 9.17) is 15.2 Å². The second-order valence-electron chi connectivity index (χ2n) is 5.37. The van der Waals surface area contributed by atoms with Crippen molar-refractivity contribution < 1.29 is 19.1 Å². The lowest BCUT2D eigenvalue weighted by molar-refractivity contribution is 0.0602. The van der Waals surface area contributed by atoms with Gasteiger partial charge in [0.2, 0.25) is 0 Å². The highest BCUT2D eigenvalue weighted by Gasteiger charge is 2.34. The molecular weight excluding hydrogens is 292 g/mol. The van der Waals surface area contributed by atoms with Gasteiger partial charge in [0.05, 0.1) is 19.9 Å². The average molecular weight is 312 g/mol. The van der Waals surface area contributed by atoms with Crippen molar-refractivity contribution in [3.8, 4) is 0 Å². The summed E-state index contributed by atoms with van der Waals surface area (Å²) >= 11 is 1.19. The average Bonchev–Trinajstić information content (AvgIpc) is 2.98. The topological polar surface area (TPSA) is 81.9 Å². The van der Waals surface area contributed by atoms with Gasteiger partial charge in [-0.05, 0) is 11.8 Å². The van der Waals surface area contributed by atoms with Crippen molar-refractivity contribution in [3.05, 3.63) is 10.4 Å². The normalized spacial score (nSPS) is 21.4. The first kappa shape index (κ1) is 15.6. The maximum absolute atomic E-state index is 12.0. The predicted octanol–water partition coefficient (Wildman–Crippen LogP) is 2.00. The van der Waals surface area contributed by atoms with E-state index in [-0.39, 0.29) is 16.1 Å². The van der Waals surface area contributed by atoms with Crippen LogP contribution < -0.4 is 10.6 Å². The van der Waals surface area contributed by atoms with Crippen LogP contribution in [0.1, 0.15) is 33.9 Å². The van der Waals surface area contributed by atoms with E-state index in [1.54, 1.807) is 0 Å². The minimum absolute atomic E-state index is 0.140. The van der Waals surface area contributed by atoms with Crippen LogP contribution in [0.3, 0.4) is 0 Å². The van der Waals surface area contributed by atoms with Crippen molar-refractivity contribution in [2.45, 2.75) is 13.8 Å². The number of anilines is 2. The van der Waals surface area contributed by atoms with Crippen molar-refractivity contribution in [3.63, 3.8) is 0 Å². The van der Waals surface area contributed by atoms with E-state index in [9.17, 15) is 9.59 Å². The number of nitrogens with zero attached hydrogens (tertiary/aromatic N) is 1. The monoisotopic (exact) mass is 312 g/mol. The number of ether oxygens (including phenoxy) is 2. The molecule has 2 atom stereocenters. The first-order valence-corrected chi connectivity index (χ1v) is 7.56. The Morgan fingerprint density at radius 1 is 1.14 bits per heavy atom. The number of hydrogen-bond acceptors (Lipinski definition) is 7. The quantitative estimate of drug-likeness (QED) is 0.860. The van der Waals surface area contributed by atoms with Crippen LogP contribution >= 0.6 is 11.3 Å². The number of carbonyl (C=O) groups excluding carboxylic acids is 2. The SMILES string of the molecule is COC(=O)c1sc(N2CC(C)C(C)C2)c(C(=O)OC)c1N. The lowest BCUT2D eigenvalue weighted by Crippen LogP contribution is -2.21. The van der Waals surface area contributed by atoms with Crippen molar-refractivity contribution in [2.24, 2.45) is 11.8 Å². The Bertz CT molecular complexity index is 560. The molecule has 0 aromatic carbocycles. The summed E-state index contributed by atoms with van der Waals surface area (Å²) in [5, 5.41) is 0.691. The largest absolute Gasteiger partial charge is 0.465 e. The predicted molar refractivity (Wildman–Crippen MR) is 82.0 cm³/mol. The van der Waals surface area contributed by atoms with Crippen molar-refractivity contribution in [1.29, 1.82) is 0 Å². The summed E-state index contributed by atoms with van der Waals surface area (Å²) in [6.45, 7) is 5.98. The van der Waals surface area contributed by atoms with Crippen LogP contribution in [0.5, 0.6) is 0 Å². The van der Waals surface area contributed by atoms with E-state index in [2.05, 4.69) is 18.7 Å². The molecular formula is C14H20N2O4S. The van der Waals surface area contributed by atoms with Crippen molar-refractivity contribution >= 4 is 34.0 Å². The van der Waals surface area contributed by atoms with E-state index in [0.717, 1.165) is 13.1 Å². The molecule has 6 nitrogen and oxygen atoms in total. The molecule has 1 saturated heterocycles. The molecule has 7 heteroatoms. The molecule has 2 heterocycles. The standard InChI is InChI=1S/C14H20N2O4S/c1-7-5-16(6-8(7)2)12-9(13(17)19-3)10(15)11(21-12)14(18)20-4/h7-8H,5-6,15H2,1-4H3. The molecule has 0 spiro atoms. The van der Waals surface area contributed by atoms with Gasteiger partial charge < -0.3 is 20.1 Å². The lowest BCUT2D eigenvalue weighted by Gasteiger charge is -2.17. The van der Waals surface area contributed by atoms with Crippen LogP contribution in [0.4, 0.5) is 10.7 Å². The molecule has 0 saturated carbocycles. The molecule has 21 heavy (non-hydrogen) atoms. The number of hydrogen-bond donors (Lipinski definition) is 1. The Hall–Kier alpha value is -1.76. The molecule has 0 aliphatic carbocycles. The number of methoxy groups -OCH3 is 2. The molecule has 1 aromatic heterocycles. The molecule has 0 amide bonds.